The Kier molecular flexibility index (Phi) is 4.12. The molecule has 0 radical (unpaired) electrons. The molecular weight excluding hydrogens is 244 g/mol. The van der Waals surface area contributed by atoms with Crippen LogP contribution in [0.5, 0.6) is 0 Å². The highest BCUT2D eigenvalue weighted by Crippen LogP contribution is 2.28. The maximum Gasteiger partial charge on any atom is 0.0271 e. The summed E-state index contributed by atoms with van der Waals surface area (Å²) in [5.41, 5.74) is 4.24. The van der Waals surface area contributed by atoms with Gasteiger partial charge in [0, 0.05) is 25.5 Å². The first kappa shape index (κ1) is 13.3. The minimum absolute atomic E-state index is 0.686. The lowest BCUT2D eigenvalue weighted by Crippen LogP contribution is -2.33. The molecule has 2 heterocycles. The minimum atomic E-state index is 0.686. The second-order valence-electron chi connectivity index (χ2n) is 5.84. The van der Waals surface area contributed by atoms with Crippen molar-refractivity contribution in [3.05, 3.63) is 65.5 Å². The van der Waals surface area contributed by atoms with Gasteiger partial charge in [-0.05, 0) is 55.5 Å². The maximum atomic E-state index is 4.09. The molecule has 1 aromatic heterocycles. The van der Waals surface area contributed by atoms with Gasteiger partial charge in [0.25, 0.3) is 0 Å². The van der Waals surface area contributed by atoms with Crippen molar-refractivity contribution in [2.24, 2.45) is 0 Å². The second kappa shape index (κ2) is 6.19. The molecule has 2 aromatic rings. The Morgan fingerprint density at radius 3 is 2.85 bits per heavy atom. The van der Waals surface area contributed by atoms with Crippen LogP contribution >= 0.6 is 0 Å². The van der Waals surface area contributed by atoms with E-state index in [4.69, 9.17) is 0 Å². The highest BCUT2D eigenvalue weighted by Gasteiger charge is 2.21. The largest absolute Gasteiger partial charge is 0.298 e. The molecule has 0 spiro atoms. The first-order valence-electron chi connectivity index (χ1n) is 7.49. The van der Waals surface area contributed by atoms with Gasteiger partial charge in [0.1, 0.15) is 0 Å². The predicted octanol–water partition coefficient (Wildman–Crippen LogP) is 3.77. The summed E-state index contributed by atoms with van der Waals surface area (Å²) in [6, 6.07) is 13.2. The van der Waals surface area contributed by atoms with Gasteiger partial charge in [-0.25, -0.2) is 0 Å². The van der Waals surface area contributed by atoms with Crippen molar-refractivity contribution in [2.75, 3.05) is 13.1 Å². The SMILES string of the molecule is Cc1cccc([C@@H]2CCCN(Cc3ccncc3)C2)c1. The van der Waals surface area contributed by atoms with Crippen LogP contribution in [-0.2, 0) is 6.54 Å². The number of likely N-dealkylation sites (tertiary alicyclic amines) is 1. The first-order chi connectivity index (χ1) is 9.81. The zero-order chi connectivity index (χ0) is 13.8. The summed E-state index contributed by atoms with van der Waals surface area (Å²) in [4.78, 5) is 6.67. The molecule has 1 saturated heterocycles. The Bertz CT molecular complexity index is 550. The van der Waals surface area contributed by atoms with Crippen LogP contribution in [0.1, 0.15) is 35.4 Å². The van der Waals surface area contributed by atoms with Gasteiger partial charge in [-0.2, -0.15) is 0 Å². The van der Waals surface area contributed by atoms with Crippen LogP contribution in [0.15, 0.2) is 48.8 Å². The first-order valence-corrected chi connectivity index (χ1v) is 7.49. The van der Waals surface area contributed by atoms with E-state index in [0.29, 0.717) is 5.92 Å². The molecule has 2 heteroatoms. The highest BCUT2D eigenvalue weighted by molar-refractivity contribution is 5.26. The summed E-state index contributed by atoms with van der Waals surface area (Å²) < 4.78 is 0. The van der Waals surface area contributed by atoms with E-state index in [9.17, 15) is 0 Å². The Morgan fingerprint density at radius 2 is 2.05 bits per heavy atom. The van der Waals surface area contributed by atoms with Crippen molar-refractivity contribution in [2.45, 2.75) is 32.2 Å². The summed E-state index contributed by atoms with van der Waals surface area (Å²) in [6.07, 6.45) is 6.38. The van der Waals surface area contributed by atoms with Gasteiger partial charge in [-0.3, -0.25) is 9.88 Å². The van der Waals surface area contributed by atoms with Gasteiger partial charge < -0.3 is 0 Å². The summed E-state index contributed by atoms with van der Waals surface area (Å²) in [6.45, 7) is 5.61. The van der Waals surface area contributed by atoms with Crippen molar-refractivity contribution in [3.8, 4) is 0 Å². The summed E-state index contributed by atoms with van der Waals surface area (Å²) in [7, 11) is 0. The Labute approximate surface area is 121 Å². The predicted molar refractivity (Wildman–Crippen MR) is 82.7 cm³/mol. The Balaban J connectivity index is 1.67. The van der Waals surface area contributed by atoms with Crippen molar-refractivity contribution in [1.29, 1.82) is 0 Å². The number of hydrogen-bond donors (Lipinski definition) is 0. The van der Waals surface area contributed by atoms with Crippen LogP contribution < -0.4 is 0 Å². The van der Waals surface area contributed by atoms with Gasteiger partial charge >= 0.3 is 0 Å². The zero-order valence-corrected chi connectivity index (χ0v) is 12.1. The lowest BCUT2D eigenvalue weighted by atomic mass is 9.89. The fourth-order valence-corrected chi connectivity index (χ4v) is 3.14. The molecule has 3 rings (SSSR count). The van der Waals surface area contributed by atoms with E-state index < -0.39 is 0 Å². The lowest BCUT2D eigenvalue weighted by Gasteiger charge is -2.33. The van der Waals surface area contributed by atoms with Crippen LogP contribution in [0.3, 0.4) is 0 Å². The molecule has 1 atom stereocenters. The molecule has 104 valence electrons. The van der Waals surface area contributed by atoms with Crippen LogP contribution in [0.4, 0.5) is 0 Å². The molecule has 0 saturated carbocycles. The monoisotopic (exact) mass is 266 g/mol. The molecule has 0 amide bonds. The van der Waals surface area contributed by atoms with Gasteiger partial charge in [-0.15, -0.1) is 0 Å². The van der Waals surface area contributed by atoms with E-state index >= 15 is 0 Å². The highest BCUT2D eigenvalue weighted by atomic mass is 15.1. The molecule has 2 nitrogen and oxygen atoms in total. The molecular formula is C18H22N2. The fourth-order valence-electron chi connectivity index (χ4n) is 3.14. The normalized spacial score (nSPS) is 19.9. The van der Waals surface area contributed by atoms with E-state index in [2.05, 4.69) is 53.2 Å². The minimum Gasteiger partial charge on any atom is -0.298 e. The van der Waals surface area contributed by atoms with E-state index in [1.165, 1.54) is 42.6 Å². The maximum absolute atomic E-state index is 4.09. The fraction of sp³-hybridized carbons (Fsp3) is 0.389. The number of piperidine rings is 1. The van der Waals surface area contributed by atoms with E-state index in [1.807, 2.05) is 12.4 Å². The number of benzene rings is 1. The Hall–Kier alpha value is -1.67. The topological polar surface area (TPSA) is 16.1 Å². The van der Waals surface area contributed by atoms with E-state index in [1.54, 1.807) is 0 Å². The van der Waals surface area contributed by atoms with Gasteiger partial charge in [0.05, 0.1) is 0 Å². The average Bonchev–Trinajstić information content (AvgIpc) is 2.49. The number of rotatable bonds is 3. The van der Waals surface area contributed by atoms with Crippen LogP contribution in [0, 0.1) is 6.92 Å². The Morgan fingerprint density at radius 1 is 1.20 bits per heavy atom. The third kappa shape index (κ3) is 3.26. The van der Waals surface area contributed by atoms with E-state index in [-0.39, 0.29) is 0 Å². The van der Waals surface area contributed by atoms with Gasteiger partial charge in [0.15, 0.2) is 0 Å². The summed E-state index contributed by atoms with van der Waals surface area (Å²) in [5, 5.41) is 0. The van der Waals surface area contributed by atoms with E-state index in [0.717, 1.165) is 6.54 Å². The van der Waals surface area contributed by atoms with Crippen molar-refractivity contribution in [3.63, 3.8) is 0 Å². The number of aromatic nitrogens is 1. The summed E-state index contributed by atoms with van der Waals surface area (Å²) >= 11 is 0. The molecule has 0 unspecified atom stereocenters. The number of pyridine rings is 1. The van der Waals surface area contributed by atoms with Crippen LogP contribution in [0.25, 0.3) is 0 Å². The molecule has 0 bridgehead atoms. The molecule has 1 aliphatic heterocycles. The van der Waals surface area contributed by atoms with Crippen molar-refractivity contribution >= 4 is 0 Å². The summed E-state index contributed by atoms with van der Waals surface area (Å²) in [5.74, 6) is 0.686. The molecule has 1 aliphatic rings. The molecule has 1 fully saturated rings. The third-order valence-electron chi connectivity index (χ3n) is 4.17. The van der Waals surface area contributed by atoms with Crippen molar-refractivity contribution in [1.82, 2.24) is 9.88 Å². The third-order valence-corrected chi connectivity index (χ3v) is 4.17. The number of nitrogens with zero attached hydrogens (tertiary/aromatic N) is 2. The number of aryl methyl sites for hydroxylation is 1. The van der Waals surface area contributed by atoms with Gasteiger partial charge in [-0.1, -0.05) is 29.8 Å². The molecule has 0 aliphatic carbocycles. The number of hydrogen-bond acceptors (Lipinski definition) is 2. The second-order valence-corrected chi connectivity index (χ2v) is 5.84. The standard InChI is InChI=1S/C18H22N2/c1-15-4-2-5-17(12-15)18-6-3-11-20(14-18)13-16-7-9-19-10-8-16/h2,4-5,7-10,12,18H,3,6,11,13-14H2,1H3/t18-/m1/s1. The molecule has 1 aromatic carbocycles. The van der Waals surface area contributed by atoms with Gasteiger partial charge in [0.2, 0.25) is 0 Å². The van der Waals surface area contributed by atoms with Crippen LogP contribution in [-0.4, -0.2) is 23.0 Å². The average molecular weight is 266 g/mol. The molecule has 20 heavy (non-hydrogen) atoms. The van der Waals surface area contributed by atoms with Crippen LogP contribution in [0.2, 0.25) is 0 Å². The molecule has 0 N–H and O–H groups in total. The zero-order valence-electron chi connectivity index (χ0n) is 12.1. The smallest absolute Gasteiger partial charge is 0.0271 e. The lowest BCUT2D eigenvalue weighted by molar-refractivity contribution is 0.200. The quantitative estimate of drug-likeness (QED) is 0.840. The van der Waals surface area contributed by atoms with Crippen molar-refractivity contribution < 1.29 is 0 Å².